The molecular weight excluding hydrogens is 449 g/mol. The van der Waals surface area contributed by atoms with Gasteiger partial charge in [-0.25, -0.2) is 4.39 Å². The van der Waals surface area contributed by atoms with Gasteiger partial charge in [-0.2, -0.15) is 17.6 Å². The van der Waals surface area contributed by atoms with Crippen LogP contribution in [0.25, 0.3) is 0 Å². The molecule has 5 nitrogen and oxygen atoms in total. The molecule has 0 amide bonds. The van der Waals surface area contributed by atoms with Gasteiger partial charge in [-0.15, -0.1) is 0 Å². The summed E-state index contributed by atoms with van der Waals surface area (Å²) in [6.45, 7) is 6.51. The van der Waals surface area contributed by atoms with Crippen molar-refractivity contribution in [2.24, 2.45) is 5.92 Å². The summed E-state index contributed by atoms with van der Waals surface area (Å²) >= 11 is 0. The molecule has 0 radical (unpaired) electrons. The van der Waals surface area contributed by atoms with E-state index >= 15 is 0 Å². The average Bonchev–Trinajstić information content (AvgIpc) is 2.94. The maximum atomic E-state index is 14.5. The Balaban J connectivity index is 2.27. The number of nitrogens with one attached hydrogen (secondary N) is 1. The molecule has 182 valence electrons. The van der Waals surface area contributed by atoms with Gasteiger partial charge in [0.05, 0.1) is 12.7 Å². The van der Waals surface area contributed by atoms with Gasteiger partial charge in [-0.3, -0.25) is 4.79 Å². The van der Waals surface area contributed by atoms with E-state index < -0.39 is 58.1 Å². The normalized spacial score (nSPS) is 26.0. The van der Waals surface area contributed by atoms with Crippen LogP contribution in [-0.4, -0.2) is 29.0 Å². The molecule has 1 aromatic heterocycles. The van der Waals surface area contributed by atoms with E-state index in [-0.39, 0.29) is 22.5 Å². The van der Waals surface area contributed by atoms with Crippen LogP contribution in [0, 0.1) is 24.5 Å². The van der Waals surface area contributed by atoms with Crippen LogP contribution in [-0.2, 0) is 10.3 Å². The largest absolute Gasteiger partial charge is 0.493 e. The van der Waals surface area contributed by atoms with Crippen molar-refractivity contribution in [3.63, 3.8) is 0 Å². The van der Waals surface area contributed by atoms with Gasteiger partial charge in [0.1, 0.15) is 6.10 Å². The number of aliphatic hydroxyl groups is 1. The molecule has 10 heteroatoms. The third-order valence-corrected chi connectivity index (χ3v) is 6.47. The van der Waals surface area contributed by atoms with Crippen LogP contribution in [0.4, 0.5) is 22.0 Å². The summed E-state index contributed by atoms with van der Waals surface area (Å²) < 4.78 is 81.1. The number of H-pyrrole nitrogens is 1. The zero-order valence-electron chi connectivity index (χ0n) is 19.0. The summed E-state index contributed by atoms with van der Waals surface area (Å²) in [6, 6.07) is 3.04. The molecule has 1 aromatic carbocycles. The van der Waals surface area contributed by atoms with Gasteiger partial charge in [0.25, 0.3) is 0 Å². The third-order valence-electron chi connectivity index (χ3n) is 6.47. The summed E-state index contributed by atoms with van der Waals surface area (Å²) in [5.41, 5.74) is -4.45. The summed E-state index contributed by atoms with van der Waals surface area (Å²) in [5, 5.41) is 10.3. The molecule has 1 aliphatic rings. The number of hydrogen-bond acceptors (Lipinski definition) is 4. The average molecular weight is 475 g/mol. The van der Waals surface area contributed by atoms with Crippen molar-refractivity contribution in [1.82, 2.24) is 4.98 Å². The van der Waals surface area contributed by atoms with Crippen molar-refractivity contribution >= 4 is 0 Å². The van der Waals surface area contributed by atoms with Gasteiger partial charge in [-0.1, -0.05) is 13.0 Å². The highest BCUT2D eigenvalue weighted by Gasteiger charge is 2.65. The highest BCUT2D eigenvalue weighted by Crippen LogP contribution is 2.59. The molecule has 2 heterocycles. The van der Waals surface area contributed by atoms with E-state index in [4.69, 9.17) is 9.47 Å². The summed E-state index contributed by atoms with van der Waals surface area (Å²) in [6.07, 6.45) is -6.17. The highest BCUT2D eigenvalue weighted by atomic mass is 19.4. The minimum absolute atomic E-state index is 0.0158. The lowest BCUT2D eigenvalue weighted by Crippen LogP contribution is -2.46. The molecule has 0 bridgehead atoms. The van der Waals surface area contributed by atoms with Crippen molar-refractivity contribution in [2.75, 3.05) is 7.11 Å². The van der Waals surface area contributed by atoms with E-state index in [1.165, 1.54) is 27.7 Å². The third kappa shape index (κ3) is 4.03. The van der Waals surface area contributed by atoms with Crippen molar-refractivity contribution in [2.45, 2.75) is 64.0 Å². The minimum atomic E-state index is -4.80. The van der Waals surface area contributed by atoms with E-state index in [9.17, 15) is 31.9 Å². The Kier molecular flexibility index (Phi) is 6.17. The first-order valence-electron chi connectivity index (χ1n) is 10.3. The van der Waals surface area contributed by atoms with Gasteiger partial charge in [0.15, 0.2) is 22.6 Å². The monoisotopic (exact) mass is 475 g/mol. The Hall–Kier alpha value is -2.46. The van der Waals surface area contributed by atoms with Crippen molar-refractivity contribution in [3.8, 4) is 5.75 Å². The van der Waals surface area contributed by atoms with E-state index in [1.54, 1.807) is 0 Å². The Morgan fingerprint density at radius 1 is 1.21 bits per heavy atom. The number of ether oxygens (including phenoxy) is 2. The van der Waals surface area contributed by atoms with Crippen LogP contribution < -0.4 is 10.2 Å². The zero-order valence-corrected chi connectivity index (χ0v) is 19.0. The maximum absolute atomic E-state index is 14.5. The highest BCUT2D eigenvalue weighted by molar-refractivity contribution is 5.42. The second-order valence-corrected chi connectivity index (χ2v) is 9.09. The first-order chi connectivity index (χ1) is 15.0. The zero-order chi connectivity index (χ0) is 25.1. The van der Waals surface area contributed by atoms with Crippen LogP contribution in [0.3, 0.4) is 0 Å². The van der Waals surface area contributed by atoms with Gasteiger partial charge in [-0.05, 0) is 33.8 Å². The lowest BCUT2D eigenvalue weighted by Gasteiger charge is -2.32. The Morgan fingerprint density at radius 2 is 1.82 bits per heavy atom. The molecule has 0 saturated carbocycles. The fourth-order valence-corrected chi connectivity index (χ4v) is 4.71. The minimum Gasteiger partial charge on any atom is -0.493 e. The van der Waals surface area contributed by atoms with Crippen LogP contribution in [0.1, 0.15) is 62.2 Å². The smallest absolute Gasteiger partial charge is 0.417 e. The number of rotatable bonds is 4. The summed E-state index contributed by atoms with van der Waals surface area (Å²) in [5.74, 6) is -5.48. The molecule has 4 atom stereocenters. The van der Waals surface area contributed by atoms with Crippen LogP contribution in [0.5, 0.6) is 5.75 Å². The number of aromatic amines is 1. The predicted molar refractivity (Wildman–Crippen MR) is 110 cm³/mol. The first-order valence-corrected chi connectivity index (χ1v) is 10.3. The van der Waals surface area contributed by atoms with E-state index in [1.807, 2.05) is 0 Å². The predicted octanol–water partition coefficient (Wildman–Crippen LogP) is 5.01. The number of pyridine rings is 1. The topological polar surface area (TPSA) is 71.5 Å². The molecule has 0 aliphatic carbocycles. The second kappa shape index (κ2) is 8.09. The van der Waals surface area contributed by atoms with Gasteiger partial charge in [0.2, 0.25) is 5.82 Å². The van der Waals surface area contributed by atoms with E-state index in [0.717, 1.165) is 32.2 Å². The summed E-state index contributed by atoms with van der Waals surface area (Å²) in [4.78, 5) is 15.7. The number of methoxy groups -OCH3 is 1. The van der Waals surface area contributed by atoms with Crippen molar-refractivity contribution in [3.05, 3.63) is 62.6 Å². The summed E-state index contributed by atoms with van der Waals surface area (Å²) in [7, 11) is 1.09. The number of benzene rings is 1. The molecule has 0 unspecified atom stereocenters. The van der Waals surface area contributed by atoms with E-state index in [2.05, 4.69) is 4.98 Å². The van der Waals surface area contributed by atoms with Crippen LogP contribution >= 0.6 is 0 Å². The molecule has 2 aromatic rings. The lowest BCUT2D eigenvalue weighted by molar-refractivity contribution is -0.275. The molecule has 33 heavy (non-hydrogen) atoms. The number of hydrogen-bond donors (Lipinski definition) is 2. The number of alkyl halides is 3. The second-order valence-electron chi connectivity index (χ2n) is 9.09. The van der Waals surface area contributed by atoms with Gasteiger partial charge < -0.3 is 19.6 Å². The number of halogens is 5. The molecule has 1 fully saturated rings. The van der Waals surface area contributed by atoms with Crippen molar-refractivity contribution < 1.29 is 36.5 Å². The Bertz CT molecular complexity index is 1120. The van der Waals surface area contributed by atoms with Crippen LogP contribution in [0.2, 0.25) is 0 Å². The number of aromatic nitrogens is 1. The molecule has 1 saturated heterocycles. The van der Waals surface area contributed by atoms with Gasteiger partial charge >= 0.3 is 6.18 Å². The quantitative estimate of drug-likeness (QED) is 0.610. The molecule has 2 N–H and O–H groups in total. The number of aryl methyl sites for hydroxylation is 1. The fourth-order valence-electron chi connectivity index (χ4n) is 4.71. The Morgan fingerprint density at radius 3 is 2.30 bits per heavy atom. The van der Waals surface area contributed by atoms with Crippen LogP contribution in [0.15, 0.2) is 23.0 Å². The van der Waals surface area contributed by atoms with E-state index in [0.29, 0.717) is 0 Å². The molecule has 3 rings (SSSR count). The fraction of sp³-hybridized carbons (Fsp3) is 0.522. The standard InChI is InChI=1S/C23H26F5NO4/c1-10-16(12-7-8-13(24)18(25)19(12)32-6)20(33-22(10,5)23(26,27)28)14-9-15(30)17(11(2)29-14)21(3,4)31/h7-10,16,20,31H,1-6H3,(H,29,30)/t10-,16-,20-,22+/m0/s1. The Labute approximate surface area is 187 Å². The first kappa shape index (κ1) is 25.2. The SMILES string of the molecule is COc1c([C@H]2[C@H](c3cc(=O)c(C(C)(C)O)c(C)[nH]3)O[C@@](C)(C(F)(F)F)[C@H]2C)ccc(F)c1F. The molecule has 0 spiro atoms. The van der Waals surface area contributed by atoms with Crippen molar-refractivity contribution in [1.29, 1.82) is 0 Å². The maximum Gasteiger partial charge on any atom is 0.417 e. The van der Waals surface area contributed by atoms with Gasteiger partial charge in [0, 0.05) is 40.4 Å². The molecule has 1 aliphatic heterocycles. The lowest BCUT2D eigenvalue weighted by atomic mass is 9.76. The molecular formula is C23H26F5NO4.